The Morgan fingerprint density at radius 3 is 2.57 bits per heavy atom. The summed E-state index contributed by atoms with van der Waals surface area (Å²) in [4.78, 5) is 14.0. The van der Waals surface area contributed by atoms with Gasteiger partial charge < -0.3 is 9.64 Å². The van der Waals surface area contributed by atoms with Crippen LogP contribution in [0.1, 0.15) is 23.0 Å². The number of benzene rings is 1. The van der Waals surface area contributed by atoms with Crippen LogP contribution in [-0.4, -0.2) is 34.2 Å². The van der Waals surface area contributed by atoms with Crippen molar-refractivity contribution in [3.05, 3.63) is 46.7 Å². The summed E-state index contributed by atoms with van der Waals surface area (Å²) in [6, 6.07) is 7.10. The van der Waals surface area contributed by atoms with E-state index in [1.54, 1.807) is 54.1 Å². The molecule has 6 heteroatoms. The lowest BCUT2D eigenvalue weighted by Gasteiger charge is -2.18. The maximum absolute atomic E-state index is 12.4. The fourth-order valence-corrected chi connectivity index (χ4v) is 2.22. The van der Waals surface area contributed by atoms with E-state index in [1.807, 2.05) is 6.92 Å². The van der Waals surface area contributed by atoms with E-state index in [-0.39, 0.29) is 5.91 Å². The van der Waals surface area contributed by atoms with E-state index in [9.17, 15) is 4.79 Å². The molecule has 0 radical (unpaired) electrons. The molecular weight excluding hydrogens is 290 g/mol. The molecule has 0 saturated carbocycles. The van der Waals surface area contributed by atoms with Gasteiger partial charge in [0.05, 0.1) is 30.1 Å². The molecule has 5 nitrogen and oxygen atoms in total. The second kappa shape index (κ2) is 6.63. The summed E-state index contributed by atoms with van der Waals surface area (Å²) in [5.41, 5.74) is 1.41. The third-order valence-corrected chi connectivity index (χ3v) is 3.47. The average molecular weight is 308 g/mol. The first-order valence-corrected chi connectivity index (χ1v) is 7.05. The van der Waals surface area contributed by atoms with Crippen LogP contribution in [0, 0.1) is 0 Å². The molecule has 0 aliphatic heterocycles. The van der Waals surface area contributed by atoms with Gasteiger partial charge in [0.25, 0.3) is 5.91 Å². The van der Waals surface area contributed by atoms with Crippen LogP contribution in [-0.2, 0) is 13.6 Å². The lowest BCUT2D eigenvalue weighted by molar-refractivity contribution is 0.0782. The Morgan fingerprint density at radius 2 is 2.05 bits per heavy atom. The molecule has 1 heterocycles. The molecule has 0 aliphatic rings. The Balaban J connectivity index is 2.08. The van der Waals surface area contributed by atoms with Crippen molar-refractivity contribution in [2.75, 3.05) is 13.7 Å². The number of carbonyl (C=O) groups is 1. The summed E-state index contributed by atoms with van der Waals surface area (Å²) in [5.74, 6) is 0.682. The van der Waals surface area contributed by atoms with Gasteiger partial charge in [-0.05, 0) is 31.2 Å². The molecule has 0 bridgehead atoms. The molecule has 0 spiro atoms. The molecule has 0 atom stereocenters. The molecular formula is C15H18ClN3O2. The fraction of sp³-hybridized carbons (Fsp3) is 0.333. The highest BCUT2D eigenvalue weighted by molar-refractivity contribution is 6.31. The lowest BCUT2D eigenvalue weighted by Crippen LogP contribution is -2.27. The molecule has 0 unspecified atom stereocenters. The zero-order chi connectivity index (χ0) is 15.4. The van der Waals surface area contributed by atoms with Gasteiger partial charge in [-0.2, -0.15) is 5.10 Å². The number of ether oxygens (including phenoxy) is 1. The number of hydrogen-bond acceptors (Lipinski definition) is 3. The first-order valence-electron chi connectivity index (χ1n) is 6.67. The van der Waals surface area contributed by atoms with Gasteiger partial charge in [-0.3, -0.25) is 9.48 Å². The molecule has 2 rings (SSSR count). The fourth-order valence-electron chi connectivity index (χ4n) is 1.99. The average Bonchev–Trinajstić information content (AvgIpc) is 2.79. The standard InChI is InChI=1S/C15H18ClN3O2/c1-4-21-12-7-5-11(6-8-12)15(20)18(2)10-14-13(16)9-17-19(14)3/h5-9H,4,10H2,1-3H3. The first-order chi connectivity index (χ1) is 10.0. The summed E-state index contributed by atoms with van der Waals surface area (Å²) in [7, 11) is 3.54. The molecule has 0 saturated heterocycles. The van der Waals surface area contributed by atoms with E-state index < -0.39 is 0 Å². The predicted octanol–water partition coefficient (Wildman–Crippen LogP) is 2.74. The highest BCUT2D eigenvalue weighted by atomic mass is 35.5. The Morgan fingerprint density at radius 1 is 1.38 bits per heavy atom. The van der Waals surface area contributed by atoms with Crippen LogP contribution in [0.15, 0.2) is 30.5 Å². The van der Waals surface area contributed by atoms with Gasteiger partial charge in [0.15, 0.2) is 0 Å². The van der Waals surface area contributed by atoms with Gasteiger partial charge in [0.1, 0.15) is 5.75 Å². The van der Waals surface area contributed by atoms with Crippen molar-refractivity contribution >= 4 is 17.5 Å². The first kappa shape index (κ1) is 15.4. The smallest absolute Gasteiger partial charge is 0.253 e. The predicted molar refractivity (Wildman–Crippen MR) is 81.6 cm³/mol. The van der Waals surface area contributed by atoms with Crippen molar-refractivity contribution in [3.63, 3.8) is 0 Å². The Bertz CT molecular complexity index is 603. The molecule has 112 valence electrons. The van der Waals surface area contributed by atoms with Gasteiger partial charge in [-0.15, -0.1) is 0 Å². The van der Waals surface area contributed by atoms with E-state index in [0.29, 0.717) is 23.7 Å². The maximum atomic E-state index is 12.4. The van der Waals surface area contributed by atoms with Gasteiger partial charge in [0.2, 0.25) is 0 Å². The highest BCUT2D eigenvalue weighted by Crippen LogP contribution is 2.18. The molecule has 21 heavy (non-hydrogen) atoms. The minimum absolute atomic E-state index is 0.0738. The van der Waals surface area contributed by atoms with Crippen LogP contribution < -0.4 is 4.74 Å². The number of aryl methyl sites for hydroxylation is 1. The number of hydrogen-bond donors (Lipinski definition) is 0. The quantitative estimate of drug-likeness (QED) is 0.853. The molecule has 2 aromatic rings. The summed E-state index contributed by atoms with van der Waals surface area (Å²) >= 11 is 6.06. The van der Waals surface area contributed by atoms with Crippen molar-refractivity contribution in [3.8, 4) is 5.75 Å². The topological polar surface area (TPSA) is 47.4 Å². The van der Waals surface area contributed by atoms with E-state index in [0.717, 1.165) is 11.4 Å². The van der Waals surface area contributed by atoms with Gasteiger partial charge in [-0.25, -0.2) is 0 Å². The third-order valence-electron chi connectivity index (χ3n) is 3.16. The number of nitrogens with zero attached hydrogens (tertiary/aromatic N) is 3. The van der Waals surface area contributed by atoms with Crippen LogP contribution in [0.5, 0.6) is 5.75 Å². The number of amides is 1. The second-order valence-corrected chi connectivity index (χ2v) is 5.09. The minimum Gasteiger partial charge on any atom is -0.494 e. The van der Waals surface area contributed by atoms with Crippen LogP contribution in [0.4, 0.5) is 0 Å². The molecule has 1 aromatic carbocycles. The summed E-state index contributed by atoms with van der Waals surface area (Å²) in [5, 5.41) is 4.62. The molecule has 0 aliphatic carbocycles. The van der Waals surface area contributed by atoms with Crippen LogP contribution in [0.2, 0.25) is 5.02 Å². The number of aromatic nitrogens is 2. The number of rotatable bonds is 5. The van der Waals surface area contributed by atoms with E-state index in [2.05, 4.69) is 5.10 Å². The minimum atomic E-state index is -0.0738. The Labute approximate surface area is 129 Å². The van der Waals surface area contributed by atoms with Gasteiger partial charge in [0, 0.05) is 19.7 Å². The number of halogens is 1. The van der Waals surface area contributed by atoms with Crippen LogP contribution in [0.25, 0.3) is 0 Å². The number of carbonyl (C=O) groups excluding carboxylic acids is 1. The van der Waals surface area contributed by atoms with E-state index >= 15 is 0 Å². The Hall–Kier alpha value is -2.01. The molecule has 0 fully saturated rings. The van der Waals surface area contributed by atoms with Crippen molar-refractivity contribution in [1.82, 2.24) is 14.7 Å². The SMILES string of the molecule is CCOc1ccc(C(=O)N(C)Cc2c(Cl)cnn2C)cc1. The van der Waals surface area contributed by atoms with Gasteiger partial charge >= 0.3 is 0 Å². The van der Waals surface area contributed by atoms with Crippen molar-refractivity contribution in [1.29, 1.82) is 0 Å². The summed E-state index contributed by atoms with van der Waals surface area (Å²) in [6.07, 6.45) is 1.58. The zero-order valence-electron chi connectivity index (χ0n) is 12.3. The van der Waals surface area contributed by atoms with Crippen molar-refractivity contribution in [2.45, 2.75) is 13.5 Å². The Kier molecular flexibility index (Phi) is 4.85. The largest absolute Gasteiger partial charge is 0.494 e. The summed E-state index contributed by atoms with van der Waals surface area (Å²) < 4.78 is 7.03. The van der Waals surface area contributed by atoms with E-state index in [4.69, 9.17) is 16.3 Å². The van der Waals surface area contributed by atoms with Crippen LogP contribution >= 0.6 is 11.6 Å². The maximum Gasteiger partial charge on any atom is 0.253 e. The summed E-state index contributed by atoms with van der Waals surface area (Å²) in [6.45, 7) is 2.93. The lowest BCUT2D eigenvalue weighted by atomic mass is 10.2. The third kappa shape index (κ3) is 3.55. The van der Waals surface area contributed by atoms with Crippen molar-refractivity contribution in [2.24, 2.45) is 7.05 Å². The highest BCUT2D eigenvalue weighted by Gasteiger charge is 2.15. The van der Waals surface area contributed by atoms with Crippen molar-refractivity contribution < 1.29 is 9.53 Å². The zero-order valence-corrected chi connectivity index (χ0v) is 13.1. The molecule has 0 N–H and O–H groups in total. The molecule has 1 aromatic heterocycles. The molecule has 1 amide bonds. The van der Waals surface area contributed by atoms with Gasteiger partial charge in [-0.1, -0.05) is 11.6 Å². The normalized spacial score (nSPS) is 10.5. The van der Waals surface area contributed by atoms with E-state index in [1.165, 1.54) is 0 Å². The second-order valence-electron chi connectivity index (χ2n) is 4.68. The monoisotopic (exact) mass is 307 g/mol. The van der Waals surface area contributed by atoms with Crippen LogP contribution in [0.3, 0.4) is 0 Å².